The van der Waals surface area contributed by atoms with E-state index in [0.717, 1.165) is 44.7 Å². The first-order valence-electron chi connectivity index (χ1n) is 22.8. The number of aryl methyl sites for hydroxylation is 1. The molecule has 1 atom stereocenters. The van der Waals surface area contributed by atoms with E-state index in [1.54, 1.807) is 95.6 Å². The number of ether oxygens (including phenoxy) is 2. The first-order valence-corrected chi connectivity index (χ1v) is 26.7. The third-order valence-corrected chi connectivity index (χ3v) is 14.9. The lowest BCUT2D eigenvalue weighted by atomic mass is 9.87. The summed E-state index contributed by atoms with van der Waals surface area (Å²) in [6, 6.07) is 19.8. The topological polar surface area (TPSA) is 157 Å². The van der Waals surface area contributed by atoms with Gasteiger partial charge in [0, 0.05) is 78.7 Å². The Morgan fingerprint density at radius 1 is 0.853 bits per heavy atom. The Balaban J connectivity index is 1.16. The number of allylic oxidation sites excluding steroid dienone is 2. The molecule has 0 bridgehead atoms. The van der Waals surface area contributed by atoms with Crippen LogP contribution in [0, 0.1) is 0 Å². The number of ketones is 2. The summed E-state index contributed by atoms with van der Waals surface area (Å²) in [5.74, 6) is -0.197. The van der Waals surface area contributed by atoms with E-state index in [2.05, 4.69) is 31.4 Å². The van der Waals surface area contributed by atoms with E-state index >= 15 is 8.63 Å². The van der Waals surface area contributed by atoms with Crippen molar-refractivity contribution < 1.29 is 54.4 Å². The van der Waals surface area contributed by atoms with Gasteiger partial charge in [-0.2, -0.15) is 8.42 Å². The number of rotatable bonds is 27. The summed E-state index contributed by atoms with van der Waals surface area (Å²) in [5.41, 5.74) is 3.48. The molecule has 0 saturated carbocycles. The lowest BCUT2D eigenvalue weighted by Crippen LogP contribution is -2.51. The number of hydrogen-bond donors (Lipinski definition) is 2. The normalized spacial score (nSPS) is 14.7. The molecule has 2 N–H and O–H groups in total. The van der Waals surface area contributed by atoms with Crippen LogP contribution in [0.4, 0.5) is 8.63 Å². The zero-order valence-electron chi connectivity index (χ0n) is 39.3. The molecule has 68 heavy (non-hydrogen) atoms. The summed E-state index contributed by atoms with van der Waals surface area (Å²) in [6.45, 7) is -3.73. The Bertz CT molecular complexity index is 2630. The number of benzene rings is 2. The van der Waals surface area contributed by atoms with Gasteiger partial charge in [-0.15, -0.1) is 0 Å². The summed E-state index contributed by atoms with van der Waals surface area (Å²) in [4.78, 5) is 43.7. The van der Waals surface area contributed by atoms with Gasteiger partial charge in [0.1, 0.15) is 34.1 Å². The summed E-state index contributed by atoms with van der Waals surface area (Å²) in [5, 5.41) is 3.42. The van der Waals surface area contributed by atoms with E-state index in [9.17, 15) is 27.4 Å². The van der Waals surface area contributed by atoms with Crippen LogP contribution in [0.25, 0.3) is 17.3 Å². The molecule has 13 nitrogen and oxygen atoms in total. The number of halogens is 2. The van der Waals surface area contributed by atoms with E-state index in [0.29, 0.717) is 82.6 Å². The Morgan fingerprint density at radius 3 is 2.15 bits per heavy atom. The molecule has 2 aromatic carbocycles. The molecule has 4 aromatic rings. The fourth-order valence-electron chi connectivity index (χ4n) is 8.40. The smallest absolute Gasteiger partial charge is 0.497 e. The van der Waals surface area contributed by atoms with Crippen LogP contribution in [0.5, 0.6) is 11.5 Å². The highest BCUT2D eigenvalue weighted by Crippen LogP contribution is 2.42. The molecule has 4 heterocycles. The fourth-order valence-corrected chi connectivity index (χ4v) is 11.1. The van der Waals surface area contributed by atoms with Crippen LogP contribution in [0.3, 0.4) is 0 Å². The Labute approximate surface area is 406 Å². The molecular formula is C49H61BF2N5O8S3+. The van der Waals surface area contributed by atoms with Crippen molar-refractivity contribution in [1.29, 1.82) is 0 Å². The molecule has 6 rings (SSSR count). The van der Waals surface area contributed by atoms with Gasteiger partial charge in [0.25, 0.3) is 10.1 Å². The number of amides is 1. The third-order valence-electron chi connectivity index (χ3n) is 11.8. The van der Waals surface area contributed by atoms with Crippen LogP contribution in [0.15, 0.2) is 101 Å². The van der Waals surface area contributed by atoms with E-state index in [1.165, 1.54) is 7.11 Å². The number of nitrogens with zero attached hydrogens (tertiary/aromatic N) is 4. The standard InChI is InChI=1S/C49H60BF2N5O8S3/c1-57(2,3)29-11-13-37-31-43(35-18-23-40(64-4)24-19-35)55-45(37)33-46-38(32-44(56(46)50(55,51)52)36-20-25-41(65-5)26-21-36)22-27-48(60)54-42(34-68(61,62)63)47(59)16-8-6-7-14-39(58)15-12-30-66-67-49-17-9-10-28-53-49/h9-10,17-21,23-26,28,31-33,42H,6-8,11-16,22,27,29-30,34H2,1-5H3,(H-,54,60,61,62,63)/p+1. The quantitative estimate of drug-likeness (QED) is 0.0194. The van der Waals surface area contributed by atoms with Crippen molar-refractivity contribution in [2.45, 2.75) is 81.7 Å². The van der Waals surface area contributed by atoms with Crippen LogP contribution < -0.4 is 14.8 Å². The Hall–Kier alpha value is -5.08. The van der Waals surface area contributed by atoms with Gasteiger partial charge in [0.2, 0.25) is 5.91 Å². The van der Waals surface area contributed by atoms with Crippen molar-refractivity contribution in [3.8, 4) is 22.8 Å². The fraction of sp³-hybridized carbons (Fsp3) is 0.408. The van der Waals surface area contributed by atoms with Crippen LogP contribution in [-0.2, 0) is 30.9 Å². The zero-order chi connectivity index (χ0) is 49.1. The maximum atomic E-state index is 17.7. The van der Waals surface area contributed by atoms with Gasteiger partial charge >= 0.3 is 6.97 Å². The molecule has 0 saturated heterocycles. The van der Waals surface area contributed by atoms with Crippen molar-refractivity contribution >= 4 is 67.9 Å². The molecule has 364 valence electrons. The minimum absolute atomic E-state index is 0.0224. The maximum Gasteiger partial charge on any atom is 0.737 e. The van der Waals surface area contributed by atoms with Crippen molar-refractivity contribution in [2.24, 2.45) is 0 Å². The summed E-state index contributed by atoms with van der Waals surface area (Å²) >= 11 is 0. The monoisotopic (exact) mass is 992 g/mol. The second-order valence-electron chi connectivity index (χ2n) is 18.0. The molecule has 2 aromatic heterocycles. The van der Waals surface area contributed by atoms with Crippen molar-refractivity contribution in [2.75, 3.05) is 53.4 Å². The number of pyridine rings is 1. The van der Waals surface area contributed by atoms with Crippen molar-refractivity contribution in [1.82, 2.24) is 14.8 Å². The Kier molecular flexibility index (Phi) is 18.1. The van der Waals surface area contributed by atoms with Gasteiger partial charge in [0.05, 0.1) is 41.9 Å². The number of quaternary nitrogens is 1. The molecule has 0 fully saturated rings. The van der Waals surface area contributed by atoms with Crippen LogP contribution in [0.1, 0.15) is 81.0 Å². The number of Topliss-reactive ketones (excluding diaryl/α,β-unsaturated/α-hetero) is 2. The van der Waals surface area contributed by atoms with Gasteiger partial charge < -0.3 is 36.9 Å². The molecule has 0 radical (unpaired) electrons. The maximum absolute atomic E-state index is 17.7. The number of carbonyl (C=O) groups excluding carboxylic acids is 3. The van der Waals surface area contributed by atoms with Gasteiger partial charge in [-0.25, -0.2) is 4.98 Å². The van der Waals surface area contributed by atoms with Crippen molar-refractivity contribution in [3.63, 3.8) is 0 Å². The molecule has 1 amide bonds. The highest BCUT2D eigenvalue weighted by molar-refractivity contribution is 8.76. The van der Waals surface area contributed by atoms with Gasteiger partial charge in [-0.05, 0) is 121 Å². The van der Waals surface area contributed by atoms with Gasteiger partial charge in [-0.3, -0.25) is 18.9 Å². The minimum atomic E-state index is -4.68. The zero-order valence-corrected chi connectivity index (χ0v) is 41.7. The second-order valence-corrected chi connectivity index (χ2v) is 22.0. The number of methoxy groups -OCH3 is 2. The summed E-state index contributed by atoms with van der Waals surface area (Å²) < 4.78 is 82.9. The van der Waals surface area contributed by atoms with Crippen LogP contribution in [0.2, 0.25) is 0 Å². The highest BCUT2D eigenvalue weighted by atomic mass is 33.1. The average molecular weight is 993 g/mol. The van der Waals surface area contributed by atoms with E-state index < -0.39 is 40.6 Å². The third kappa shape index (κ3) is 14.2. The number of hydrogen-bond acceptors (Lipinski definition) is 10. The molecule has 0 spiro atoms. The minimum Gasteiger partial charge on any atom is -0.497 e. The largest absolute Gasteiger partial charge is 0.737 e. The van der Waals surface area contributed by atoms with E-state index in [1.807, 2.05) is 24.3 Å². The molecule has 19 heteroatoms. The number of nitrogens with one attached hydrogen (secondary N) is 1. The SMILES string of the molecule is COc1ccc(C2=[N+]3C(=Cc4c(CCC[N+](C)(C)C)cc(-c5ccc(OC)cc5)n4[B-]3(F)F)C(CCC(=O)NC(CS(=O)(=O)O)C(=O)CCCCCC(=O)CCCSSc3ccccn3)=C2)cc1. The molecule has 2 aliphatic rings. The van der Waals surface area contributed by atoms with E-state index in [-0.39, 0.29) is 36.5 Å². The van der Waals surface area contributed by atoms with Crippen LogP contribution >= 0.6 is 21.6 Å². The number of aromatic nitrogens is 2. The highest BCUT2D eigenvalue weighted by Gasteiger charge is 2.55. The lowest BCUT2D eigenvalue weighted by molar-refractivity contribution is -0.870. The molecule has 1 unspecified atom stereocenters. The van der Waals surface area contributed by atoms with Gasteiger partial charge in [-0.1, -0.05) is 23.3 Å². The van der Waals surface area contributed by atoms with Gasteiger partial charge in [0.15, 0.2) is 17.2 Å². The van der Waals surface area contributed by atoms with E-state index in [4.69, 9.17) is 9.47 Å². The number of unbranched alkanes of at least 4 members (excludes halogenated alkanes) is 2. The van der Waals surface area contributed by atoms with Crippen molar-refractivity contribution in [3.05, 3.63) is 113 Å². The predicted octanol–water partition coefficient (Wildman–Crippen LogP) is 8.69. The molecule has 0 aliphatic carbocycles. The number of carbonyl (C=O) groups is 3. The lowest BCUT2D eigenvalue weighted by Gasteiger charge is -2.32. The first-order chi connectivity index (χ1) is 32.4. The summed E-state index contributed by atoms with van der Waals surface area (Å²) in [7, 11) is 7.84. The molecular weight excluding hydrogens is 932 g/mol. The first kappa shape index (κ1) is 52.3. The van der Waals surface area contributed by atoms with Crippen LogP contribution in [-0.4, -0.2) is 121 Å². The number of fused-ring (bicyclic) bond motifs is 2. The molecule has 2 aliphatic heterocycles. The summed E-state index contributed by atoms with van der Waals surface area (Å²) in [6.07, 6.45) is 9.07. The predicted molar refractivity (Wildman–Crippen MR) is 267 cm³/mol. The second kappa shape index (κ2) is 23.5. The Morgan fingerprint density at radius 2 is 1.51 bits per heavy atom. The average Bonchev–Trinajstić information content (AvgIpc) is 3.87.